The zero-order chi connectivity index (χ0) is 13.9. The summed E-state index contributed by atoms with van der Waals surface area (Å²) in [4.78, 5) is 11.7. The zero-order valence-corrected chi connectivity index (χ0v) is 11.4. The molecule has 5 nitrogen and oxygen atoms in total. The van der Waals surface area contributed by atoms with Crippen LogP contribution in [0.25, 0.3) is 10.8 Å². The van der Waals surface area contributed by atoms with Gasteiger partial charge in [0.15, 0.2) is 5.82 Å². The van der Waals surface area contributed by atoms with Crippen LogP contribution in [0.2, 0.25) is 0 Å². The molecule has 0 fully saturated rings. The third kappa shape index (κ3) is 2.81. The van der Waals surface area contributed by atoms with Crippen molar-refractivity contribution in [3.8, 4) is 0 Å². The summed E-state index contributed by atoms with van der Waals surface area (Å²) < 4.78 is 0. The number of amides is 1. The smallest absolute Gasteiger partial charge is 0.227 e. The minimum atomic E-state index is -0.507. The summed E-state index contributed by atoms with van der Waals surface area (Å²) in [5.41, 5.74) is -0.507. The molecular weight excluding hydrogens is 240 g/mol. The second kappa shape index (κ2) is 5.22. The van der Waals surface area contributed by atoms with Gasteiger partial charge in [-0.3, -0.25) is 4.79 Å². The maximum atomic E-state index is 11.7. The van der Waals surface area contributed by atoms with Crippen molar-refractivity contribution in [2.75, 3.05) is 18.9 Å². The Morgan fingerprint density at radius 1 is 1.32 bits per heavy atom. The number of hydrogen-bond acceptors (Lipinski definition) is 4. The van der Waals surface area contributed by atoms with Gasteiger partial charge in [0, 0.05) is 24.4 Å². The number of fused-ring (bicyclic) bond motifs is 1. The molecule has 2 aromatic rings. The maximum Gasteiger partial charge on any atom is 0.227 e. The lowest BCUT2D eigenvalue weighted by Gasteiger charge is -2.23. The fourth-order valence-electron chi connectivity index (χ4n) is 1.88. The van der Waals surface area contributed by atoms with Gasteiger partial charge in [0.25, 0.3) is 0 Å². The lowest BCUT2D eigenvalue weighted by molar-refractivity contribution is -0.128. The van der Waals surface area contributed by atoms with Gasteiger partial charge in [0.1, 0.15) is 0 Å². The van der Waals surface area contributed by atoms with E-state index in [9.17, 15) is 4.79 Å². The molecule has 0 spiro atoms. The van der Waals surface area contributed by atoms with Crippen LogP contribution in [0.5, 0.6) is 0 Å². The Bertz CT molecular complexity index is 590. The van der Waals surface area contributed by atoms with Crippen LogP contribution in [-0.2, 0) is 4.79 Å². The van der Waals surface area contributed by atoms with Crippen molar-refractivity contribution in [1.82, 2.24) is 15.5 Å². The predicted octanol–water partition coefficient (Wildman–Crippen LogP) is 1.81. The average Bonchev–Trinajstić information content (AvgIpc) is 2.44. The molecule has 19 heavy (non-hydrogen) atoms. The van der Waals surface area contributed by atoms with Gasteiger partial charge in [0.2, 0.25) is 5.91 Å². The Labute approximate surface area is 112 Å². The van der Waals surface area contributed by atoms with Crippen molar-refractivity contribution in [2.24, 2.45) is 5.41 Å². The molecule has 0 saturated heterocycles. The zero-order valence-electron chi connectivity index (χ0n) is 11.4. The summed E-state index contributed by atoms with van der Waals surface area (Å²) >= 11 is 0. The number of anilines is 1. The Hall–Kier alpha value is -2.17. The second-order valence-corrected chi connectivity index (χ2v) is 5.10. The molecule has 0 aliphatic heterocycles. The molecule has 1 heterocycles. The number of hydrogen-bond donors (Lipinski definition) is 2. The van der Waals surface area contributed by atoms with E-state index >= 15 is 0 Å². The van der Waals surface area contributed by atoms with E-state index in [1.165, 1.54) is 0 Å². The van der Waals surface area contributed by atoms with E-state index < -0.39 is 5.41 Å². The van der Waals surface area contributed by atoms with E-state index in [0.29, 0.717) is 12.4 Å². The highest BCUT2D eigenvalue weighted by Crippen LogP contribution is 2.21. The van der Waals surface area contributed by atoms with E-state index in [-0.39, 0.29) is 5.91 Å². The lowest BCUT2D eigenvalue weighted by atomic mass is 9.92. The van der Waals surface area contributed by atoms with Gasteiger partial charge in [-0.25, -0.2) is 0 Å². The van der Waals surface area contributed by atoms with Crippen LogP contribution >= 0.6 is 0 Å². The van der Waals surface area contributed by atoms with Crippen LogP contribution in [0.15, 0.2) is 30.5 Å². The average molecular weight is 258 g/mol. The molecule has 100 valence electrons. The van der Waals surface area contributed by atoms with Crippen molar-refractivity contribution in [2.45, 2.75) is 13.8 Å². The van der Waals surface area contributed by atoms with Crippen molar-refractivity contribution in [3.05, 3.63) is 30.5 Å². The number of carbonyl (C=O) groups excluding carboxylic acids is 1. The van der Waals surface area contributed by atoms with E-state index in [4.69, 9.17) is 0 Å². The topological polar surface area (TPSA) is 66.9 Å². The number of nitrogens with zero attached hydrogens (tertiary/aromatic N) is 2. The monoisotopic (exact) mass is 258 g/mol. The standard InChI is InChI=1S/C14H18N4O/c1-14(2,13(19)15-3)9-16-12-11-7-5-4-6-10(11)8-17-18-12/h4-8H,9H2,1-3H3,(H,15,19)(H,16,18). The van der Waals surface area contributed by atoms with Gasteiger partial charge in [-0.15, -0.1) is 5.10 Å². The van der Waals surface area contributed by atoms with Crippen LogP contribution in [-0.4, -0.2) is 29.7 Å². The summed E-state index contributed by atoms with van der Waals surface area (Å²) in [7, 11) is 1.64. The lowest BCUT2D eigenvalue weighted by Crippen LogP contribution is -2.39. The van der Waals surface area contributed by atoms with Crippen LogP contribution in [0.4, 0.5) is 5.82 Å². The van der Waals surface area contributed by atoms with Gasteiger partial charge in [-0.1, -0.05) is 24.3 Å². The van der Waals surface area contributed by atoms with Crippen molar-refractivity contribution < 1.29 is 4.79 Å². The molecule has 5 heteroatoms. The minimum absolute atomic E-state index is 0.00630. The first-order chi connectivity index (χ1) is 9.04. The quantitative estimate of drug-likeness (QED) is 0.877. The summed E-state index contributed by atoms with van der Waals surface area (Å²) in [6, 6.07) is 7.89. The first kappa shape index (κ1) is 13.3. The SMILES string of the molecule is CNC(=O)C(C)(C)CNc1nncc2ccccc12. The van der Waals surface area contributed by atoms with Gasteiger partial charge in [-0.2, -0.15) is 5.10 Å². The number of rotatable bonds is 4. The minimum Gasteiger partial charge on any atom is -0.367 e. The highest BCUT2D eigenvalue weighted by Gasteiger charge is 2.26. The predicted molar refractivity (Wildman–Crippen MR) is 75.9 cm³/mol. The number of nitrogens with one attached hydrogen (secondary N) is 2. The van der Waals surface area contributed by atoms with E-state index in [0.717, 1.165) is 10.8 Å². The van der Waals surface area contributed by atoms with E-state index in [1.807, 2.05) is 38.1 Å². The van der Waals surface area contributed by atoms with Crippen molar-refractivity contribution in [1.29, 1.82) is 0 Å². The van der Waals surface area contributed by atoms with Crippen molar-refractivity contribution in [3.63, 3.8) is 0 Å². The summed E-state index contributed by atoms with van der Waals surface area (Å²) in [5.74, 6) is 0.697. The molecule has 0 atom stereocenters. The fourth-order valence-corrected chi connectivity index (χ4v) is 1.88. The fraction of sp³-hybridized carbons (Fsp3) is 0.357. The normalized spacial score (nSPS) is 11.3. The summed E-state index contributed by atoms with van der Waals surface area (Å²) in [5, 5.41) is 16.0. The number of benzene rings is 1. The molecule has 0 aliphatic rings. The van der Waals surface area contributed by atoms with E-state index in [2.05, 4.69) is 20.8 Å². The van der Waals surface area contributed by atoms with Crippen LogP contribution in [0.1, 0.15) is 13.8 Å². The molecular formula is C14H18N4O. The van der Waals surface area contributed by atoms with Crippen LogP contribution < -0.4 is 10.6 Å². The van der Waals surface area contributed by atoms with Gasteiger partial charge in [-0.05, 0) is 13.8 Å². The van der Waals surface area contributed by atoms with Gasteiger partial charge in [0.05, 0.1) is 11.6 Å². The molecule has 0 unspecified atom stereocenters. The first-order valence-electron chi connectivity index (χ1n) is 6.21. The molecule has 0 aliphatic carbocycles. The Balaban J connectivity index is 2.21. The maximum absolute atomic E-state index is 11.7. The van der Waals surface area contributed by atoms with Crippen LogP contribution in [0, 0.1) is 5.41 Å². The van der Waals surface area contributed by atoms with E-state index in [1.54, 1.807) is 13.2 Å². The molecule has 0 radical (unpaired) electrons. The summed E-state index contributed by atoms with van der Waals surface area (Å²) in [6.07, 6.45) is 1.73. The Morgan fingerprint density at radius 3 is 2.79 bits per heavy atom. The first-order valence-corrected chi connectivity index (χ1v) is 6.21. The molecule has 1 aromatic carbocycles. The molecule has 1 amide bonds. The van der Waals surface area contributed by atoms with Gasteiger partial charge < -0.3 is 10.6 Å². The third-order valence-electron chi connectivity index (χ3n) is 3.11. The second-order valence-electron chi connectivity index (χ2n) is 5.10. The van der Waals surface area contributed by atoms with Crippen molar-refractivity contribution >= 4 is 22.5 Å². The highest BCUT2D eigenvalue weighted by molar-refractivity contribution is 5.91. The summed E-state index contributed by atoms with van der Waals surface area (Å²) in [6.45, 7) is 4.27. The molecule has 1 aromatic heterocycles. The number of carbonyl (C=O) groups is 1. The third-order valence-corrected chi connectivity index (χ3v) is 3.11. The highest BCUT2D eigenvalue weighted by atomic mass is 16.2. The molecule has 2 rings (SSSR count). The molecule has 0 saturated carbocycles. The van der Waals surface area contributed by atoms with Crippen LogP contribution in [0.3, 0.4) is 0 Å². The van der Waals surface area contributed by atoms with Gasteiger partial charge >= 0.3 is 0 Å². The Morgan fingerprint density at radius 2 is 2.05 bits per heavy atom. The number of aromatic nitrogens is 2. The Kier molecular flexibility index (Phi) is 3.64. The molecule has 2 N–H and O–H groups in total. The molecule has 0 bridgehead atoms. The largest absolute Gasteiger partial charge is 0.367 e.